The topological polar surface area (TPSA) is 82.3 Å². The van der Waals surface area contributed by atoms with Gasteiger partial charge in [-0.15, -0.1) is 0 Å². The molecule has 0 saturated carbocycles. The van der Waals surface area contributed by atoms with Crippen LogP contribution in [-0.4, -0.2) is 31.5 Å². The second kappa shape index (κ2) is 9.21. The maximum absolute atomic E-state index is 5.20. The van der Waals surface area contributed by atoms with Crippen molar-refractivity contribution < 1.29 is 0 Å². The lowest BCUT2D eigenvalue weighted by molar-refractivity contribution is 0.681. The lowest BCUT2D eigenvalue weighted by atomic mass is 9.98. The van der Waals surface area contributed by atoms with E-state index in [9.17, 15) is 0 Å². The summed E-state index contributed by atoms with van der Waals surface area (Å²) in [6.07, 6.45) is 6.27. The van der Waals surface area contributed by atoms with Gasteiger partial charge < -0.3 is 15.3 Å². The van der Waals surface area contributed by atoms with Gasteiger partial charge in [-0.3, -0.25) is 0 Å². The van der Waals surface area contributed by atoms with Crippen molar-refractivity contribution in [3.8, 4) is 22.4 Å². The Hall–Kier alpha value is -3.68. The van der Waals surface area contributed by atoms with E-state index in [1.807, 2.05) is 24.4 Å². The van der Waals surface area contributed by atoms with Gasteiger partial charge in [0, 0.05) is 54.1 Å². The number of nitrogens with one attached hydrogen (secondary N) is 3. The minimum Gasteiger partial charge on any atom is -0.348 e. The van der Waals surface area contributed by atoms with E-state index < -0.39 is 0 Å². The SMILES string of the molecule is S=c1ncc2cc(-c3ccccc3)c(-c3ccc(CNCCc4cnc[nH]4)cc3)nc2[nH]1. The summed E-state index contributed by atoms with van der Waals surface area (Å²) >= 11 is 5.20. The van der Waals surface area contributed by atoms with Crippen molar-refractivity contribution in [3.05, 3.63) is 95.4 Å². The van der Waals surface area contributed by atoms with Crippen LogP contribution in [-0.2, 0) is 13.0 Å². The van der Waals surface area contributed by atoms with E-state index >= 15 is 0 Å². The molecule has 0 unspecified atom stereocenters. The van der Waals surface area contributed by atoms with Crippen molar-refractivity contribution in [2.24, 2.45) is 0 Å². The zero-order chi connectivity index (χ0) is 21.8. The van der Waals surface area contributed by atoms with Crippen LogP contribution in [0.2, 0.25) is 0 Å². The van der Waals surface area contributed by atoms with Crippen LogP contribution in [0, 0.1) is 4.77 Å². The minimum atomic E-state index is 0.431. The Bertz CT molecular complexity index is 1380. The van der Waals surface area contributed by atoms with Gasteiger partial charge >= 0.3 is 0 Å². The summed E-state index contributed by atoms with van der Waals surface area (Å²) in [6.45, 7) is 1.70. The van der Waals surface area contributed by atoms with Crippen molar-refractivity contribution >= 4 is 23.3 Å². The van der Waals surface area contributed by atoms with E-state index in [-0.39, 0.29) is 0 Å². The molecule has 0 aliphatic rings. The number of hydrogen-bond donors (Lipinski definition) is 3. The van der Waals surface area contributed by atoms with Crippen molar-refractivity contribution in [2.75, 3.05) is 6.54 Å². The lowest BCUT2D eigenvalue weighted by Gasteiger charge is -2.12. The van der Waals surface area contributed by atoms with Gasteiger partial charge in [0.1, 0.15) is 5.65 Å². The normalized spacial score (nSPS) is 11.1. The molecule has 0 aliphatic carbocycles. The summed E-state index contributed by atoms with van der Waals surface area (Å²) < 4.78 is 0.431. The van der Waals surface area contributed by atoms with E-state index in [0.29, 0.717) is 4.77 Å². The maximum Gasteiger partial charge on any atom is 0.198 e. The van der Waals surface area contributed by atoms with Gasteiger partial charge in [-0.2, -0.15) is 0 Å². The van der Waals surface area contributed by atoms with E-state index in [1.165, 1.54) is 5.56 Å². The third-order valence-electron chi connectivity index (χ3n) is 5.37. The predicted octanol–water partition coefficient (Wildman–Crippen LogP) is 5.08. The first-order valence-electron chi connectivity index (χ1n) is 10.5. The monoisotopic (exact) mass is 438 g/mol. The molecule has 0 bridgehead atoms. The number of pyridine rings is 1. The molecule has 0 spiro atoms. The number of fused-ring (bicyclic) bond motifs is 1. The molecule has 5 rings (SSSR count). The minimum absolute atomic E-state index is 0.431. The summed E-state index contributed by atoms with van der Waals surface area (Å²) in [4.78, 5) is 19.4. The largest absolute Gasteiger partial charge is 0.348 e. The molecule has 3 aromatic heterocycles. The molecule has 3 N–H and O–H groups in total. The Balaban J connectivity index is 1.42. The van der Waals surface area contributed by atoms with E-state index in [1.54, 1.807) is 12.5 Å². The quantitative estimate of drug-likeness (QED) is 0.244. The Morgan fingerprint density at radius 2 is 1.78 bits per heavy atom. The number of aromatic amines is 2. The number of hydrogen-bond acceptors (Lipinski definition) is 5. The number of nitrogens with zero attached hydrogens (tertiary/aromatic N) is 3. The van der Waals surface area contributed by atoms with Gasteiger partial charge in [0.2, 0.25) is 0 Å². The Kier molecular flexibility index (Phi) is 5.83. The van der Waals surface area contributed by atoms with Crippen molar-refractivity contribution in [3.63, 3.8) is 0 Å². The van der Waals surface area contributed by atoms with Crippen molar-refractivity contribution in [1.29, 1.82) is 0 Å². The van der Waals surface area contributed by atoms with Crippen LogP contribution in [0.5, 0.6) is 0 Å². The third-order valence-corrected chi connectivity index (χ3v) is 5.57. The summed E-state index contributed by atoms with van der Waals surface area (Å²) in [6, 6.07) is 21.0. The molecule has 0 radical (unpaired) electrons. The van der Waals surface area contributed by atoms with Crippen molar-refractivity contribution in [1.82, 2.24) is 30.2 Å². The predicted molar refractivity (Wildman–Crippen MR) is 130 cm³/mol. The maximum atomic E-state index is 5.20. The average molecular weight is 439 g/mol. The fourth-order valence-electron chi connectivity index (χ4n) is 3.70. The van der Waals surface area contributed by atoms with E-state index in [4.69, 9.17) is 17.2 Å². The summed E-state index contributed by atoms with van der Waals surface area (Å²) in [5.74, 6) is 0. The number of H-pyrrole nitrogens is 2. The summed E-state index contributed by atoms with van der Waals surface area (Å²) in [5.41, 5.74) is 7.26. The van der Waals surface area contributed by atoms with Crippen LogP contribution >= 0.6 is 12.2 Å². The molecular formula is C25H22N6S. The first-order valence-corrected chi connectivity index (χ1v) is 10.9. The fraction of sp³-hybridized carbons (Fsp3) is 0.120. The highest BCUT2D eigenvalue weighted by atomic mass is 32.1. The van der Waals surface area contributed by atoms with Gasteiger partial charge in [0.05, 0.1) is 12.0 Å². The number of aromatic nitrogens is 5. The Morgan fingerprint density at radius 3 is 2.56 bits per heavy atom. The van der Waals surface area contributed by atoms with E-state index in [0.717, 1.165) is 58.6 Å². The first-order chi connectivity index (χ1) is 15.8. The van der Waals surface area contributed by atoms with Gasteiger partial charge in [-0.1, -0.05) is 54.6 Å². The molecule has 5 aromatic rings. The van der Waals surface area contributed by atoms with Crippen LogP contribution in [0.1, 0.15) is 11.3 Å². The molecule has 0 fully saturated rings. The summed E-state index contributed by atoms with van der Waals surface area (Å²) in [5, 5.41) is 4.41. The standard InChI is InChI=1S/C25H22N6S/c32-25-28-14-20-12-22(18-4-2-1-3-5-18)23(30-24(20)31-25)19-8-6-17(7-9-19)13-26-11-10-21-15-27-16-29-21/h1-9,12,14-16,26H,10-11,13H2,(H,27,29)(H,28,30,31,32). The molecule has 0 atom stereocenters. The Labute approximate surface area is 190 Å². The molecular weight excluding hydrogens is 416 g/mol. The second-order valence-electron chi connectivity index (χ2n) is 7.58. The first kappa shape index (κ1) is 20.2. The molecule has 3 heterocycles. The molecule has 158 valence electrons. The molecule has 2 aromatic carbocycles. The van der Waals surface area contributed by atoms with Crippen molar-refractivity contribution in [2.45, 2.75) is 13.0 Å². The molecule has 0 amide bonds. The van der Waals surface area contributed by atoms with Gasteiger partial charge in [0.25, 0.3) is 0 Å². The van der Waals surface area contributed by atoms with Crippen LogP contribution in [0.25, 0.3) is 33.4 Å². The van der Waals surface area contributed by atoms with Gasteiger partial charge in [0.15, 0.2) is 4.77 Å². The molecule has 0 aliphatic heterocycles. The van der Waals surface area contributed by atoms with E-state index in [2.05, 4.69) is 67.7 Å². The highest BCUT2D eigenvalue weighted by molar-refractivity contribution is 7.71. The second-order valence-corrected chi connectivity index (χ2v) is 7.96. The van der Waals surface area contributed by atoms with Gasteiger partial charge in [-0.05, 0) is 29.4 Å². The lowest BCUT2D eigenvalue weighted by Crippen LogP contribution is -2.16. The van der Waals surface area contributed by atoms with Crippen LogP contribution in [0.3, 0.4) is 0 Å². The highest BCUT2D eigenvalue weighted by Gasteiger charge is 2.12. The highest BCUT2D eigenvalue weighted by Crippen LogP contribution is 2.32. The smallest absolute Gasteiger partial charge is 0.198 e. The molecule has 0 saturated heterocycles. The zero-order valence-electron chi connectivity index (χ0n) is 17.4. The fourth-order valence-corrected chi connectivity index (χ4v) is 3.85. The molecule has 6 nitrogen and oxygen atoms in total. The zero-order valence-corrected chi connectivity index (χ0v) is 18.2. The van der Waals surface area contributed by atoms with Crippen LogP contribution in [0.4, 0.5) is 0 Å². The molecule has 32 heavy (non-hydrogen) atoms. The molecule has 7 heteroatoms. The van der Waals surface area contributed by atoms with Crippen LogP contribution in [0.15, 0.2) is 79.4 Å². The van der Waals surface area contributed by atoms with Crippen LogP contribution < -0.4 is 5.32 Å². The number of benzene rings is 2. The Morgan fingerprint density at radius 1 is 0.938 bits per heavy atom. The summed E-state index contributed by atoms with van der Waals surface area (Å²) in [7, 11) is 0. The van der Waals surface area contributed by atoms with Gasteiger partial charge in [-0.25, -0.2) is 15.0 Å². The third kappa shape index (κ3) is 4.49. The number of imidazole rings is 1. The average Bonchev–Trinajstić information content (AvgIpc) is 3.36. The number of rotatable bonds is 7.